The molecule has 1 aromatic carbocycles. The first-order valence-corrected chi connectivity index (χ1v) is 5.97. The van der Waals surface area contributed by atoms with E-state index in [4.69, 9.17) is 23.2 Å². The molecule has 0 aliphatic carbocycles. The molecule has 16 heavy (non-hydrogen) atoms. The van der Waals surface area contributed by atoms with E-state index < -0.39 is 0 Å². The van der Waals surface area contributed by atoms with E-state index >= 15 is 0 Å². The van der Waals surface area contributed by atoms with Crippen molar-refractivity contribution in [3.63, 3.8) is 0 Å². The minimum atomic E-state index is -0.321. The molecule has 1 aromatic rings. The Labute approximate surface area is 106 Å². The topological polar surface area (TPSA) is 12.0 Å². The molecule has 1 rings (SSSR count). The molecule has 0 saturated carbocycles. The molecule has 0 radical (unpaired) electrons. The largest absolute Gasteiger partial charge is 0.306 e. The third kappa shape index (κ3) is 3.62. The average molecular weight is 264 g/mol. The van der Waals surface area contributed by atoms with Gasteiger partial charge in [0.1, 0.15) is 5.82 Å². The summed E-state index contributed by atoms with van der Waals surface area (Å²) in [5.41, 5.74) is 0.674. The summed E-state index contributed by atoms with van der Waals surface area (Å²) in [6, 6.07) is 4.40. The van der Waals surface area contributed by atoms with Gasteiger partial charge in [0.05, 0.1) is 0 Å². The van der Waals surface area contributed by atoms with Gasteiger partial charge >= 0.3 is 0 Å². The molecule has 0 bridgehead atoms. The van der Waals surface area contributed by atoms with Crippen LogP contribution in [0.1, 0.15) is 26.3 Å². The summed E-state index contributed by atoms with van der Waals surface area (Å²) in [5, 5.41) is 3.72. The molecule has 0 heterocycles. The fourth-order valence-electron chi connectivity index (χ4n) is 1.13. The molecule has 1 atom stereocenters. The molecule has 0 aliphatic heterocycles. The van der Waals surface area contributed by atoms with Gasteiger partial charge in [-0.2, -0.15) is 0 Å². The Morgan fingerprint density at radius 2 is 2.06 bits per heavy atom. The Hall–Kier alpha value is -0.310. The Balaban J connectivity index is 2.68. The lowest BCUT2D eigenvalue weighted by atomic mass is 10.0. The Kier molecular flexibility index (Phi) is 4.60. The molecular weight excluding hydrogens is 248 g/mol. The molecule has 0 fully saturated rings. The van der Waals surface area contributed by atoms with Crippen LogP contribution in [0.2, 0.25) is 5.02 Å². The lowest BCUT2D eigenvalue weighted by Gasteiger charge is -2.29. The maximum Gasteiger partial charge on any atom is 0.124 e. The fourth-order valence-corrected chi connectivity index (χ4v) is 1.44. The second-order valence-electron chi connectivity index (χ2n) is 4.43. The number of hydrogen-bond donors (Lipinski definition) is 1. The second kappa shape index (κ2) is 5.35. The number of alkyl halides is 1. The van der Waals surface area contributed by atoms with Gasteiger partial charge in [0.15, 0.2) is 0 Å². The number of nitrogens with one attached hydrogen (secondary N) is 1. The predicted molar refractivity (Wildman–Crippen MR) is 67.6 cm³/mol. The van der Waals surface area contributed by atoms with Crippen molar-refractivity contribution in [1.82, 2.24) is 5.32 Å². The van der Waals surface area contributed by atoms with Crippen molar-refractivity contribution in [3.8, 4) is 0 Å². The Morgan fingerprint density at radius 3 is 2.56 bits per heavy atom. The number of rotatable bonds is 4. The maximum absolute atomic E-state index is 12.8. The first-order chi connectivity index (χ1) is 7.33. The Bertz CT molecular complexity index is 364. The third-order valence-electron chi connectivity index (χ3n) is 2.74. The van der Waals surface area contributed by atoms with Crippen molar-refractivity contribution in [2.75, 3.05) is 0 Å². The molecule has 0 spiro atoms. The lowest BCUT2D eigenvalue weighted by Crippen LogP contribution is -2.45. The molecule has 1 nitrogen and oxygen atoms in total. The fraction of sp³-hybridized carbons (Fsp3) is 0.500. The van der Waals surface area contributed by atoms with Crippen LogP contribution in [-0.2, 0) is 6.54 Å². The van der Waals surface area contributed by atoms with Crippen LogP contribution >= 0.6 is 23.2 Å². The van der Waals surface area contributed by atoms with E-state index in [1.165, 1.54) is 12.1 Å². The number of benzene rings is 1. The maximum atomic E-state index is 12.8. The molecule has 4 heteroatoms. The van der Waals surface area contributed by atoms with Crippen LogP contribution in [0, 0.1) is 5.82 Å². The van der Waals surface area contributed by atoms with E-state index in [9.17, 15) is 4.39 Å². The first kappa shape index (κ1) is 13.8. The molecule has 90 valence electrons. The van der Waals surface area contributed by atoms with Crippen molar-refractivity contribution < 1.29 is 4.39 Å². The van der Waals surface area contributed by atoms with Crippen LogP contribution in [0.5, 0.6) is 0 Å². The van der Waals surface area contributed by atoms with Crippen molar-refractivity contribution in [3.05, 3.63) is 34.6 Å². The number of hydrogen-bond acceptors (Lipinski definition) is 1. The molecule has 0 aromatic heterocycles. The van der Waals surface area contributed by atoms with Gasteiger partial charge in [-0.1, -0.05) is 17.7 Å². The van der Waals surface area contributed by atoms with Gasteiger partial charge in [0.2, 0.25) is 0 Å². The Morgan fingerprint density at radius 1 is 1.44 bits per heavy atom. The van der Waals surface area contributed by atoms with E-state index in [0.29, 0.717) is 11.6 Å². The summed E-state index contributed by atoms with van der Waals surface area (Å²) in [6.07, 6.45) is 0. The van der Waals surface area contributed by atoms with Crippen LogP contribution < -0.4 is 5.32 Å². The van der Waals surface area contributed by atoms with Gasteiger partial charge in [-0.25, -0.2) is 4.39 Å². The summed E-state index contributed by atoms with van der Waals surface area (Å²) >= 11 is 12.0. The van der Waals surface area contributed by atoms with Crippen LogP contribution in [0.15, 0.2) is 18.2 Å². The average Bonchev–Trinajstić information content (AvgIpc) is 2.16. The standard InChI is InChI=1S/C12H16Cl2FN/c1-8(13)12(2,3)16-7-9-4-5-10(15)6-11(9)14/h4-6,8,16H,7H2,1-3H3. The van der Waals surface area contributed by atoms with Crippen LogP contribution in [0.25, 0.3) is 0 Å². The van der Waals surface area contributed by atoms with Gasteiger partial charge in [-0.05, 0) is 38.5 Å². The van der Waals surface area contributed by atoms with Gasteiger partial charge < -0.3 is 5.32 Å². The van der Waals surface area contributed by atoms with Crippen molar-refractivity contribution in [1.29, 1.82) is 0 Å². The van der Waals surface area contributed by atoms with E-state index in [0.717, 1.165) is 5.56 Å². The van der Waals surface area contributed by atoms with Gasteiger partial charge in [0.25, 0.3) is 0 Å². The predicted octanol–water partition coefficient (Wildman–Crippen LogP) is 3.97. The second-order valence-corrected chi connectivity index (χ2v) is 5.49. The highest BCUT2D eigenvalue weighted by Crippen LogP contribution is 2.20. The molecular formula is C12H16Cl2FN. The van der Waals surface area contributed by atoms with Gasteiger partial charge in [0, 0.05) is 22.5 Å². The lowest BCUT2D eigenvalue weighted by molar-refractivity contribution is 0.380. The zero-order valence-electron chi connectivity index (χ0n) is 9.65. The summed E-state index contributed by atoms with van der Waals surface area (Å²) in [5.74, 6) is -0.321. The van der Waals surface area contributed by atoms with Crippen molar-refractivity contribution >= 4 is 23.2 Å². The van der Waals surface area contributed by atoms with Crippen molar-refractivity contribution in [2.24, 2.45) is 0 Å². The SMILES string of the molecule is CC(Cl)C(C)(C)NCc1ccc(F)cc1Cl. The van der Waals surface area contributed by atoms with Crippen molar-refractivity contribution in [2.45, 2.75) is 38.2 Å². The minimum absolute atomic E-state index is 0.00766. The molecule has 0 amide bonds. The number of halogens is 3. The van der Waals surface area contributed by atoms with E-state index in [-0.39, 0.29) is 16.7 Å². The highest BCUT2D eigenvalue weighted by molar-refractivity contribution is 6.31. The van der Waals surface area contributed by atoms with Crippen LogP contribution in [-0.4, -0.2) is 10.9 Å². The zero-order chi connectivity index (χ0) is 12.3. The van der Waals surface area contributed by atoms with E-state index in [1.807, 2.05) is 20.8 Å². The van der Waals surface area contributed by atoms with E-state index in [2.05, 4.69) is 5.32 Å². The zero-order valence-corrected chi connectivity index (χ0v) is 11.2. The molecule has 1 unspecified atom stereocenters. The van der Waals surface area contributed by atoms with Gasteiger partial charge in [-0.15, -0.1) is 11.6 Å². The molecule has 0 saturated heterocycles. The van der Waals surface area contributed by atoms with Gasteiger partial charge in [-0.3, -0.25) is 0 Å². The van der Waals surface area contributed by atoms with Crippen LogP contribution in [0.4, 0.5) is 4.39 Å². The van der Waals surface area contributed by atoms with Crippen LogP contribution in [0.3, 0.4) is 0 Å². The monoisotopic (exact) mass is 263 g/mol. The summed E-state index contributed by atoms with van der Waals surface area (Å²) in [4.78, 5) is 0. The minimum Gasteiger partial charge on any atom is -0.306 e. The smallest absolute Gasteiger partial charge is 0.124 e. The highest BCUT2D eigenvalue weighted by Gasteiger charge is 2.23. The normalized spacial score (nSPS) is 13.9. The molecule has 0 aliphatic rings. The quantitative estimate of drug-likeness (QED) is 0.811. The summed E-state index contributed by atoms with van der Waals surface area (Å²) in [6.45, 7) is 6.54. The molecule has 1 N–H and O–H groups in total. The van der Waals surface area contributed by atoms with E-state index in [1.54, 1.807) is 6.07 Å². The summed E-state index contributed by atoms with van der Waals surface area (Å²) < 4.78 is 12.8. The summed E-state index contributed by atoms with van der Waals surface area (Å²) in [7, 11) is 0. The highest BCUT2D eigenvalue weighted by atomic mass is 35.5. The third-order valence-corrected chi connectivity index (χ3v) is 3.64. The first-order valence-electron chi connectivity index (χ1n) is 5.16.